The van der Waals surface area contributed by atoms with Crippen LogP contribution in [-0.4, -0.2) is 42.4 Å². The maximum Gasteiger partial charge on any atom is 0.255 e. The summed E-state index contributed by atoms with van der Waals surface area (Å²) in [7, 11) is 0. The molecule has 1 fully saturated rings. The number of piperazine rings is 1. The number of nitrogens with one attached hydrogen (secondary N) is 2. The minimum atomic E-state index is -0.0964. The van der Waals surface area contributed by atoms with Crippen LogP contribution in [-0.2, 0) is 4.79 Å². The zero-order chi connectivity index (χ0) is 17.9. The topological polar surface area (TPSA) is 61.4 Å². The number of anilines is 1. The van der Waals surface area contributed by atoms with Crippen molar-refractivity contribution in [2.75, 3.05) is 25.0 Å². The van der Waals surface area contributed by atoms with Gasteiger partial charge in [-0.2, -0.15) is 0 Å². The molecule has 1 saturated heterocycles. The molecule has 0 spiro atoms. The maximum atomic E-state index is 12.8. The molecule has 1 atom stereocenters. The first-order valence-electron chi connectivity index (χ1n) is 8.28. The van der Waals surface area contributed by atoms with Crippen molar-refractivity contribution in [2.24, 2.45) is 5.41 Å². The van der Waals surface area contributed by atoms with Crippen molar-refractivity contribution in [3.63, 3.8) is 0 Å². The summed E-state index contributed by atoms with van der Waals surface area (Å²) in [5.41, 5.74) is 0.935. The van der Waals surface area contributed by atoms with Crippen LogP contribution >= 0.6 is 24.0 Å². The first kappa shape index (κ1) is 21.7. The van der Waals surface area contributed by atoms with Crippen molar-refractivity contribution >= 4 is 41.5 Å². The third kappa shape index (κ3) is 6.17. The highest BCUT2D eigenvalue weighted by molar-refractivity contribution is 6.34. The summed E-state index contributed by atoms with van der Waals surface area (Å²) in [5.74, 6) is -0.167. The van der Waals surface area contributed by atoms with Crippen LogP contribution in [0.1, 0.15) is 44.5 Å². The fourth-order valence-electron chi connectivity index (χ4n) is 2.75. The van der Waals surface area contributed by atoms with Crippen LogP contribution in [0.2, 0.25) is 5.02 Å². The van der Waals surface area contributed by atoms with E-state index >= 15 is 0 Å². The van der Waals surface area contributed by atoms with Crippen LogP contribution in [0.25, 0.3) is 0 Å². The van der Waals surface area contributed by atoms with E-state index in [0.717, 1.165) is 13.1 Å². The predicted molar refractivity (Wildman–Crippen MR) is 105 cm³/mol. The molecule has 2 rings (SSSR count). The van der Waals surface area contributed by atoms with Gasteiger partial charge in [0.25, 0.3) is 5.91 Å². The quantitative estimate of drug-likeness (QED) is 0.832. The van der Waals surface area contributed by atoms with E-state index in [4.69, 9.17) is 11.6 Å². The molecule has 1 aliphatic heterocycles. The van der Waals surface area contributed by atoms with Gasteiger partial charge in [0.15, 0.2) is 0 Å². The molecule has 2 N–H and O–H groups in total. The average Bonchev–Trinajstić information content (AvgIpc) is 2.47. The zero-order valence-electron chi connectivity index (χ0n) is 15.2. The molecular formula is C18H27Cl2N3O2. The Kier molecular flexibility index (Phi) is 7.72. The highest BCUT2D eigenvalue weighted by atomic mass is 35.5. The maximum absolute atomic E-state index is 12.8. The molecule has 140 valence electrons. The molecule has 1 aliphatic rings. The van der Waals surface area contributed by atoms with Gasteiger partial charge < -0.3 is 15.5 Å². The third-order valence-electron chi connectivity index (χ3n) is 3.93. The summed E-state index contributed by atoms with van der Waals surface area (Å²) >= 11 is 6.23. The van der Waals surface area contributed by atoms with Gasteiger partial charge in [0.2, 0.25) is 5.91 Å². The van der Waals surface area contributed by atoms with E-state index in [1.165, 1.54) is 0 Å². The molecule has 1 heterocycles. The molecule has 0 aromatic heterocycles. The highest BCUT2D eigenvalue weighted by Crippen LogP contribution is 2.25. The molecule has 1 aromatic carbocycles. The van der Waals surface area contributed by atoms with Crippen molar-refractivity contribution in [1.29, 1.82) is 0 Å². The predicted octanol–water partition coefficient (Wildman–Crippen LogP) is 3.57. The normalized spacial score (nSPS) is 17.6. The van der Waals surface area contributed by atoms with Gasteiger partial charge in [-0.1, -0.05) is 32.4 Å². The van der Waals surface area contributed by atoms with Gasteiger partial charge in [0.1, 0.15) is 0 Å². The Balaban J connectivity index is 0.00000312. The number of halogens is 2. The summed E-state index contributed by atoms with van der Waals surface area (Å²) < 4.78 is 0. The lowest BCUT2D eigenvalue weighted by Gasteiger charge is -2.34. The van der Waals surface area contributed by atoms with E-state index in [0.29, 0.717) is 29.2 Å². The van der Waals surface area contributed by atoms with Crippen LogP contribution in [0.5, 0.6) is 0 Å². The summed E-state index contributed by atoms with van der Waals surface area (Å²) in [6.07, 6.45) is 0.410. The molecule has 5 nitrogen and oxygen atoms in total. The molecule has 0 aliphatic carbocycles. The van der Waals surface area contributed by atoms with Crippen LogP contribution in [0, 0.1) is 5.41 Å². The van der Waals surface area contributed by atoms with Crippen molar-refractivity contribution in [3.05, 3.63) is 28.8 Å². The Morgan fingerprint density at radius 2 is 2.04 bits per heavy atom. The molecule has 25 heavy (non-hydrogen) atoms. The van der Waals surface area contributed by atoms with E-state index in [2.05, 4.69) is 10.6 Å². The number of nitrogens with zero attached hydrogens (tertiary/aromatic N) is 1. The first-order chi connectivity index (χ1) is 11.2. The Hall–Kier alpha value is -1.30. The molecular weight excluding hydrogens is 361 g/mol. The van der Waals surface area contributed by atoms with Gasteiger partial charge in [-0.15, -0.1) is 12.4 Å². The van der Waals surface area contributed by atoms with Crippen LogP contribution in [0.4, 0.5) is 5.69 Å². The second-order valence-corrected chi connectivity index (χ2v) is 7.94. The Morgan fingerprint density at radius 1 is 1.36 bits per heavy atom. The van der Waals surface area contributed by atoms with Crippen LogP contribution < -0.4 is 10.6 Å². The summed E-state index contributed by atoms with van der Waals surface area (Å²) in [6.45, 7) is 10.2. The Labute approximate surface area is 160 Å². The molecule has 2 amide bonds. The molecule has 0 bridgehead atoms. The van der Waals surface area contributed by atoms with E-state index < -0.39 is 0 Å². The van der Waals surface area contributed by atoms with Crippen LogP contribution in [0.15, 0.2) is 18.2 Å². The monoisotopic (exact) mass is 387 g/mol. The molecule has 0 saturated carbocycles. The number of rotatable bonds is 3. The van der Waals surface area contributed by atoms with Gasteiger partial charge >= 0.3 is 0 Å². The van der Waals surface area contributed by atoms with Crippen LogP contribution in [0.3, 0.4) is 0 Å². The minimum absolute atomic E-state index is 0. The number of hydrogen-bond acceptors (Lipinski definition) is 3. The SMILES string of the molecule is CC1CNCCN1C(=O)c1cc(NC(=O)CC(C)(C)C)ccc1Cl.Cl. The van der Waals surface area contributed by atoms with E-state index in [1.807, 2.05) is 32.6 Å². The molecule has 1 unspecified atom stereocenters. The summed E-state index contributed by atoms with van der Waals surface area (Å²) in [4.78, 5) is 26.7. The largest absolute Gasteiger partial charge is 0.333 e. The van der Waals surface area contributed by atoms with Gasteiger partial charge in [-0.3, -0.25) is 9.59 Å². The molecule has 1 aromatic rings. The summed E-state index contributed by atoms with van der Waals surface area (Å²) in [6, 6.07) is 5.16. The number of hydrogen-bond donors (Lipinski definition) is 2. The van der Waals surface area contributed by atoms with Crippen molar-refractivity contribution in [2.45, 2.75) is 40.2 Å². The Bertz CT molecular complexity index is 629. The van der Waals surface area contributed by atoms with E-state index in [-0.39, 0.29) is 35.7 Å². The van der Waals surface area contributed by atoms with E-state index in [1.54, 1.807) is 18.2 Å². The number of carbonyl (C=O) groups excluding carboxylic acids is 2. The fraction of sp³-hybridized carbons (Fsp3) is 0.556. The first-order valence-corrected chi connectivity index (χ1v) is 8.66. The molecule has 0 radical (unpaired) electrons. The van der Waals surface area contributed by atoms with Gasteiger partial charge in [-0.25, -0.2) is 0 Å². The van der Waals surface area contributed by atoms with Crippen molar-refractivity contribution in [3.8, 4) is 0 Å². The molecule has 7 heteroatoms. The lowest BCUT2D eigenvalue weighted by atomic mass is 9.92. The van der Waals surface area contributed by atoms with Gasteiger partial charge in [0.05, 0.1) is 10.6 Å². The second kappa shape index (κ2) is 8.88. The fourth-order valence-corrected chi connectivity index (χ4v) is 2.95. The van der Waals surface area contributed by atoms with Crippen molar-refractivity contribution in [1.82, 2.24) is 10.2 Å². The highest BCUT2D eigenvalue weighted by Gasteiger charge is 2.26. The van der Waals surface area contributed by atoms with E-state index in [9.17, 15) is 9.59 Å². The number of amides is 2. The lowest BCUT2D eigenvalue weighted by molar-refractivity contribution is -0.117. The van der Waals surface area contributed by atoms with Crippen molar-refractivity contribution < 1.29 is 9.59 Å². The second-order valence-electron chi connectivity index (χ2n) is 7.53. The van der Waals surface area contributed by atoms with Gasteiger partial charge in [-0.05, 0) is 30.5 Å². The summed E-state index contributed by atoms with van der Waals surface area (Å²) in [5, 5.41) is 6.52. The van der Waals surface area contributed by atoms with Gasteiger partial charge in [0, 0.05) is 37.8 Å². The third-order valence-corrected chi connectivity index (χ3v) is 4.26. The lowest BCUT2D eigenvalue weighted by Crippen LogP contribution is -2.52. The Morgan fingerprint density at radius 3 is 2.64 bits per heavy atom. The number of carbonyl (C=O) groups is 2. The standard InChI is InChI=1S/C18H26ClN3O2.ClH/c1-12-11-20-7-8-22(12)17(24)14-9-13(5-6-15(14)19)21-16(23)10-18(2,3)4;/h5-6,9,12,20H,7-8,10-11H2,1-4H3,(H,21,23);1H. The zero-order valence-corrected chi connectivity index (χ0v) is 16.8. The number of benzene rings is 1. The minimum Gasteiger partial charge on any atom is -0.333 e. The average molecular weight is 388 g/mol. The smallest absolute Gasteiger partial charge is 0.255 e.